The van der Waals surface area contributed by atoms with Crippen molar-refractivity contribution < 1.29 is 0 Å². The van der Waals surface area contributed by atoms with Crippen LogP contribution in [-0.4, -0.2) is 15.1 Å². The lowest BCUT2D eigenvalue weighted by molar-refractivity contribution is 0.306. The van der Waals surface area contributed by atoms with E-state index < -0.39 is 0 Å². The summed E-state index contributed by atoms with van der Waals surface area (Å²) in [5.74, 6) is 0. The minimum absolute atomic E-state index is 0.303. The molecule has 1 aromatic heterocycles. The van der Waals surface area contributed by atoms with Gasteiger partial charge in [-0.15, -0.1) is 0 Å². The van der Waals surface area contributed by atoms with Gasteiger partial charge in [0.25, 0.3) is 0 Å². The molecule has 1 rings (SSSR count). The van der Waals surface area contributed by atoms with Gasteiger partial charge in [-0.3, -0.25) is 4.68 Å². The van der Waals surface area contributed by atoms with Gasteiger partial charge in [0.05, 0.1) is 5.69 Å². The van der Waals surface area contributed by atoms with E-state index in [4.69, 9.17) is 11.6 Å². The first-order valence-corrected chi connectivity index (χ1v) is 7.23. The van der Waals surface area contributed by atoms with Crippen LogP contribution in [0.4, 0.5) is 0 Å². The van der Waals surface area contributed by atoms with Gasteiger partial charge in [0.15, 0.2) is 0 Å². The Hall–Kier alpha value is -0.0200. The number of alkyl halides is 1. The quantitative estimate of drug-likeness (QED) is 0.748. The summed E-state index contributed by atoms with van der Waals surface area (Å²) in [7, 11) is 1.90. The number of halogens is 2. The molecule has 0 amide bonds. The third kappa shape index (κ3) is 2.62. The summed E-state index contributed by atoms with van der Waals surface area (Å²) in [6, 6.07) is 0. The van der Waals surface area contributed by atoms with Crippen LogP contribution in [0.15, 0.2) is 0 Å². The summed E-state index contributed by atoms with van der Waals surface area (Å²) in [4.78, 5) is 0. The Morgan fingerprint density at radius 2 is 1.94 bits per heavy atom. The number of hydrogen-bond acceptors (Lipinski definition) is 1. The Morgan fingerprint density at radius 1 is 1.38 bits per heavy atom. The minimum atomic E-state index is 0.303. The van der Waals surface area contributed by atoms with Crippen LogP contribution in [0.25, 0.3) is 0 Å². The summed E-state index contributed by atoms with van der Waals surface area (Å²) in [6.45, 7) is 6.51. The van der Waals surface area contributed by atoms with E-state index in [1.165, 1.54) is 5.56 Å². The molecular weight excluding hydrogens is 288 g/mol. The highest BCUT2D eigenvalue weighted by molar-refractivity contribution is 9.09. The molecule has 0 radical (unpaired) electrons. The van der Waals surface area contributed by atoms with Crippen molar-refractivity contribution >= 4 is 27.5 Å². The maximum Gasteiger partial charge on any atom is 0.130 e. The van der Waals surface area contributed by atoms with Gasteiger partial charge in [-0.1, -0.05) is 41.4 Å². The highest BCUT2D eigenvalue weighted by atomic mass is 79.9. The van der Waals surface area contributed by atoms with Crippen molar-refractivity contribution in [2.45, 2.75) is 40.0 Å². The van der Waals surface area contributed by atoms with E-state index in [9.17, 15) is 0 Å². The molecule has 1 aromatic rings. The predicted octanol–water partition coefficient (Wildman–Crippen LogP) is 4.13. The summed E-state index contributed by atoms with van der Waals surface area (Å²) in [6.07, 6.45) is 3.31. The van der Waals surface area contributed by atoms with Gasteiger partial charge < -0.3 is 0 Å². The smallest absolute Gasteiger partial charge is 0.130 e. The second-order valence-corrected chi connectivity index (χ2v) is 5.41. The van der Waals surface area contributed by atoms with Gasteiger partial charge in [0.1, 0.15) is 5.15 Å². The van der Waals surface area contributed by atoms with Crippen LogP contribution in [0.1, 0.15) is 37.9 Å². The average Bonchev–Trinajstić information content (AvgIpc) is 2.52. The fraction of sp³-hybridized carbons (Fsp3) is 0.750. The van der Waals surface area contributed by atoms with Gasteiger partial charge in [0.2, 0.25) is 0 Å². The molecule has 0 saturated carbocycles. The molecule has 0 bridgehead atoms. The van der Waals surface area contributed by atoms with Crippen LogP contribution in [0.5, 0.6) is 0 Å². The van der Waals surface area contributed by atoms with Crippen molar-refractivity contribution in [1.82, 2.24) is 9.78 Å². The first-order chi connectivity index (χ1) is 7.49. The zero-order valence-corrected chi connectivity index (χ0v) is 12.8. The van der Waals surface area contributed by atoms with Gasteiger partial charge >= 0.3 is 0 Å². The lowest BCUT2D eigenvalue weighted by Crippen LogP contribution is -2.24. The van der Waals surface area contributed by atoms with Crippen molar-refractivity contribution in [3.63, 3.8) is 0 Å². The molecular formula is C12H20BrClN2. The van der Waals surface area contributed by atoms with E-state index in [2.05, 4.69) is 34.9 Å². The van der Waals surface area contributed by atoms with E-state index in [1.807, 2.05) is 14.0 Å². The summed E-state index contributed by atoms with van der Waals surface area (Å²) >= 11 is 9.91. The average molecular weight is 308 g/mol. The summed E-state index contributed by atoms with van der Waals surface area (Å²) < 4.78 is 1.76. The van der Waals surface area contributed by atoms with E-state index in [0.717, 1.165) is 35.4 Å². The van der Waals surface area contributed by atoms with Gasteiger partial charge in [-0.25, -0.2) is 0 Å². The zero-order chi connectivity index (χ0) is 12.3. The van der Waals surface area contributed by atoms with E-state index in [0.29, 0.717) is 5.41 Å². The molecule has 0 aliphatic heterocycles. The molecule has 16 heavy (non-hydrogen) atoms. The second-order valence-electron chi connectivity index (χ2n) is 4.50. The predicted molar refractivity (Wildman–Crippen MR) is 73.5 cm³/mol. The highest BCUT2D eigenvalue weighted by Gasteiger charge is 2.28. The molecule has 0 aliphatic carbocycles. The Balaban J connectivity index is 3.02. The van der Waals surface area contributed by atoms with Crippen LogP contribution >= 0.6 is 27.5 Å². The number of hydrogen-bond donors (Lipinski definition) is 0. The minimum Gasteiger partial charge on any atom is -0.257 e. The van der Waals surface area contributed by atoms with E-state index >= 15 is 0 Å². The second kappa shape index (κ2) is 5.54. The number of rotatable bonds is 5. The largest absolute Gasteiger partial charge is 0.257 e. The Kier molecular flexibility index (Phi) is 4.87. The molecule has 0 aromatic carbocycles. The molecule has 0 aliphatic rings. The van der Waals surface area contributed by atoms with Crippen LogP contribution in [-0.2, 0) is 13.5 Å². The van der Waals surface area contributed by atoms with E-state index in [1.54, 1.807) is 4.68 Å². The molecule has 0 spiro atoms. The Morgan fingerprint density at radius 3 is 2.25 bits per heavy atom. The zero-order valence-electron chi connectivity index (χ0n) is 10.5. The van der Waals surface area contributed by atoms with Crippen molar-refractivity contribution in [1.29, 1.82) is 0 Å². The van der Waals surface area contributed by atoms with Crippen molar-refractivity contribution in [2.24, 2.45) is 12.5 Å². The summed E-state index contributed by atoms with van der Waals surface area (Å²) in [5.41, 5.74) is 2.56. The Bertz CT molecular complexity index is 348. The van der Waals surface area contributed by atoms with Crippen LogP contribution < -0.4 is 0 Å². The maximum atomic E-state index is 6.28. The molecule has 2 nitrogen and oxygen atoms in total. The van der Waals surface area contributed by atoms with E-state index in [-0.39, 0.29) is 0 Å². The van der Waals surface area contributed by atoms with Crippen molar-refractivity contribution in [3.8, 4) is 0 Å². The molecule has 0 unspecified atom stereocenters. The third-order valence-electron chi connectivity index (χ3n) is 3.61. The number of nitrogens with zero attached hydrogens (tertiary/aromatic N) is 2. The molecule has 92 valence electrons. The molecule has 0 saturated heterocycles. The van der Waals surface area contributed by atoms with Crippen LogP contribution in [0.2, 0.25) is 5.15 Å². The lowest BCUT2D eigenvalue weighted by Gasteiger charge is -2.29. The van der Waals surface area contributed by atoms with Crippen LogP contribution in [0.3, 0.4) is 0 Å². The standard InChI is InChI=1S/C12H20BrClN2/c1-5-12(6-2,8-13)7-10-9(3)15-16(4)11(10)14/h5-8H2,1-4H3. The maximum absolute atomic E-state index is 6.28. The third-order valence-corrected chi connectivity index (χ3v) is 5.27. The SMILES string of the molecule is CCC(CC)(CBr)Cc1c(C)nn(C)c1Cl. The fourth-order valence-electron chi connectivity index (χ4n) is 1.99. The molecule has 1 heterocycles. The molecule has 0 fully saturated rings. The summed E-state index contributed by atoms with van der Waals surface area (Å²) in [5, 5.41) is 6.16. The Labute approximate surface area is 111 Å². The first-order valence-electron chi connectivity index (χ1n) is 5.73. The first kappa shape index (κ1) is 14.0. The molecule has 0 atom stereocenters. The number of aromatic nitrogens is 2. The highest BCUT2D eigenvalue weighted by Crippen LogP contribution is 2.35. The van der Waals surface area contributed by atoms with Gasteiger partial charge in [-0.2, -0.15) is 5.10 Å². The normalized spacial score (nSPS) is 12.1. The number of aryl methyl sites for hydroxylation is 2. The lowest BCUT2D eigenvalue weighted by atomic mass is 9.79. The monoisotopic (exact) mass is 306 g/mol. The van der Waals surface area contributed by atoms with Crippen molar-refractivity contribution in [2.75, 3.05) is 5.33 Å². The molecule has 0 N–H and O–H groups in total. The topological polar surface area (TPSA) is 17.8 Å². The van der Waals surface area contributed by atoms with Crippen LogP contribution in [0, 0.1) is 12.3 Å². The molecule has 4 heteroatoms. The fourth-order valence-corrected chi connectivity index (χ4v) is 3.22. The van der Waals surface area contributed by atoms with Gasteiger partial charge in [0, 0.05) is 17.9 Å². The van der Waals surface area contributed by atoms with Crippen molar-refractivity contribution in [3.05, 3.63) is 16.4 Å². The van der Waals surface area contributed by atoms with Gasteiger partial charge in [-0.05, 0) is 31.6 Å².